The number of amides is 1. The molecule has 1 aliphatic rings. The van der Waals surface area contributed by atoms with Gasteiger partial charge in [0, 0.05) is 25.1 Å². The highest BCUT2D eigenvalue weighted by molar-refractivity contribution is 5.78. The molecule has 0 aromatic heterocycles. The number of rotatable bonds is 4. The Hall–Kier alpha value is -1.35. The molecule has 1 aliphatic heterocycles. The third-order valence-corrected chi connectivity index (χ3v) is 3.95. The lowest BCUT2D eigenvalue weighted by Gasteiger charge is -2.21. The van der Waals surface area contributed by atoms with E-state index < -0.39 is 0 Å². The van der Waals surface area contributed by atoms with Gasteiger partial charge < -0.3 is 9.64 Å². The molecule has 2 atom stereocenters. The van der Waals surface area contributed by atoms with Crippen molar-refractivity contribution < 1.29 is 9.53 Å². The zero-order valence-corrected chi connectivity index (χ0v) is 12.1. The van der Waals surface area contributed by atoms with Crippen LogP contribution in [0.4, 0.5) is 0 Å². The van der Waals surface area contributed by atoms with E-state index in [4.69, 9.17) is 4.74 Å². The Morgan fingerprint density at radius 2 is 2.16 bits per heavy atom. The second-order valence-electron chi connectivity index (χ2n) is 5.32. The van der Waals surface area contributed by atoms with E-state index in [9.17, 15) is 4.79 Å². The second-order valence-corrected chi connectivity index (χ2v) is 5.32. The summed E-state index contributed by atoms with van der Waals surface area (Å²) < 4.78 is 5.23. The van der Waals surface area contributed by atoms with E-state index in [-0.39, 0.29) is 12.5 Å². The van der Waals surface area contributed by atoms with Crippen molar-refractivity contribution in [2.45, 2.75) is 39.2 Å². The Bertz CT molecular complexity index is 444. The van der Waals surface area contributed by atoms with Gasteiger partial charge in [-0.2, -0.15) is 0 Å². The highest BCUT2D eigenvalue weighted by atomic mass is 16.5. The minimum atomic E-state index is 0.116. The molecule has 1 heterocycles. The van der Waals surface area contributed by atoms with Crippen molar-refractivity contribution in [2.24, 2.45) is 0 Å². The molecule has 0 saturated carbocycles. The molecular weight excluding hydrogens is 238 g/mol. The lowest BCUT2D eigenvalue weighted by molar-refractivity contribution is -0.136. The minimum absolute atomic E-state index is 0.116. The van der Waals surface area contributed by atoms with Crippen LogP contribution < -0.4 is 0 Å². The number of ether oxygens (including phenoxy) is 1. The monoisotopic (exact) mass is 261 g/mol. The van der Waals surface area contributed by atoms with Crippen LogP contribution in [0.2, 0.25) is 0 Å². The Kier molecular flexibility index (Phi) is 4.59. The van der Waals surface area contributed by atoms with E-state index in [1.165, 1.54) is 11.1 Å². The molecule has 3 heteroatoms. The molecule has 1 aromatic carbocycles. The summed E-state index contributed by atoms with van der Waals surface area (Å²) in [6, 6.07) is 8.78. The molecule has 1 fully saturated rings. The van der Waals surface area contributed by atoms with Gasteiger partial charge in [-0.05, 0) is 38.3 Å². The van der Waals surface area contributed by atoms with Gasteiger partial charge in [-0.1, -0.05) is 24.3 Å². The Morgan fingerprint density at radius 3 is 2.84 bits per heavy atom. The topological polar surface area (TPSA) is 29.5 Å². The van der Waals surface area contributed by atoms with Gasteiger partial charge in [0.15, 0.2) is 0 Å². The smallest absolute Gasteiger partial charge is 0.248 e. The van der Waals surface area contributed by atoms with Crippen LogP contribution in [0.3, 0.4) is 0 Å². The van der Waals surface area contributed by atoms with Crippen molar-refractivity contribution >= 4 is 5.91 Å². The van der Waals surface area contributed by atoms with Gasteiger partial charge in [-0.3, -0.25) is 4.79 Å². The molecule has 19 heavy (non-hydrogen) atoms. The number of hydrogen-bond acceptors (Lipinski definition) is 2. The van der Waals surface area contributed by atoms with E-state index in [0.29, 0.717) is 18.6 Å². The SMILES string of the molecule is CCOCC(=O)N1C[C@H](c2ccccc2C)C[C@@H]1C. The van der Waals surface area contributed by atoms with Crippen LogP contribution in [-0.4, -0.2) is 36.6 Å². The lowest BCUT2D eigenvalue weighted by atomic mass is 9.93. The number of carbonyl (C=O) groups is 1. The van der Waals surface area contributed by atoms with Crippen LogP contribution in [0.5, 0.6) is 0 Å². The lowest BCUT2D eigenvalue weighted by Crippen LogP contribution is -2.36. The normalized spacial score (nSPS) is 22.8. The molecular formula is C16H23NO2. The van der Waals surface area contributed by atoms with Crippen LogP contribution >= 0.6 is 0 Å². The van der Waals surface area contributed by atoms with Crippen LogP contribution in [0.25, 0.3) is 0 Å². The molecule has 2 rings (SSSR count). The molecule has 0 bridgehead atoms. The summed E-state index contributed by atoms with van der Waals surface area (Å²) >= 11 is 0. The van der Waals surface area contributed by atoms with Gasteiger partial charge in [0.1, 0.15) is 6.61 Å². The zero-order chi connectivity index (χ0) is 13.8. The van der Waals surface area contributed by atoms with Crippen molar-refractivity contribution in [3.8, 4) is 0 Å². The molecule has 3 nitrogen and oxygen atoms in total. The average Bonchev–Trinajstić information content (AvgIpc) is 2.78. The number of nitrogens with zero attached hydrogens (tertiary/aromatic N) is 1. The van der Waals surface area contributed by atoms with E-state index in [1.54, 1.807) is 0 Å². The maximum atomic E-state index is 12.1. The number of aryl methyl sites for hydroxylation is 1. The second kappa shape index (κ2) is 6.20. The molecule has 0 unspecified atom stereocenters. The van der Waals surface area contributed by atoms with E-state index >= 15 is 0 Å². The van der Waals surface area contributed by atoms with Crippen LogP contribution in [0.15, 0.2) is 24.3 Å². The van der Waals surface area contributed by atoms with E-state index in [0.717, 1.165) is 13.0 Å². The Labute approximate surface area is 115 Å². The van der Waals surface area contributed by atoms with E-state index in [1.807, 2.05) is 11.8 Å². The number of benzene rings is 1. The predicted molar refractivity (Wildman–Crippen MR) is 76.2 cm³/mol. The summed E-state index contributed by atoms with van der Waals surface area (Å²) in [5.41, 5.74) is 2.69. The number of hydrogen-bond donors (Lipinski definition) is 0. The number of likely N-dealkylation sites (tertiary alicyclic amines) is 1. The first kappa shape index (κ1) is 14.1. The molecule has 0 spiro atoms. The van der Waals surface area contributed by atoms with Crippen LogP contribution in [0.1, 0.15) is 37.3 Å². The van der Waals surface area contributed by atoms with Gasteiger partial charge in [-0.15, -0.1) is 0 Å². The molecule has 0 N–H and O–H groups in total. The summed E-state index contributed by atoms with van der Waals surface area (Å²) in [5, 5.41) is 0. The maximum absolute atomic E-state index is 12.1. The largest absolute Gasteiger partial charge is 0.372 e. The van der Waals surface area contributed by atoms with Crippen molar-refractivity contribution in [3.63, 3.8) is 0 Å². The predicted octanol–water partition coefficient (Wildman–Crippen LogP) is 2.74. The molecule has 1 saturated heterocycles. The van der Waals surface area contributed by atoms with Gasteiger partial charge >= 0.3 is 0 Å². The first-order valence-electron chi connectivity index (χ1n) is 7.06. The fraction of sp³-hybridized carbons (Fsp3) is 0.562. The van der Waals surface area contributed by atoms with Crippen LogP contribution in [0, 0.1) is 6.92 Å². The third-order valence-electron chi connectivity index (χ3n) is 3.95. The first-order valence-corrected chi connectivity index (χ1v) is 7.06. The van der Waals surface area contributed by atoms with Gasteiger partial charge in [0.05, 0.1) is 0 Å². The standard InChI is InChI=1S/C16H23NO2/c1-4-19-11-16(18)17-10-14(9-13(17)3)15-8-6-5-7-12(15)2/h5-8,13-14H,4,9-11H2,1-3H3/t13-,14+/m0/s1. The molecule has 0 aliphatic carbocycles. The maximum Gasteiger partial charge on any atom is 0.248 e. The van der Waals surface area contributed by atoms with Crippen molar-refractivity contribution in [3.05, 3.63) is 35.4 Å². The fourth-order valence-electron chi connectivity index (χ4n) is 2.92. The highest BCUT2D eigenvalue weighted by Gasteiger charge is 2.33. The zero-order valence-electron chi connectivity index (χ0n) is 12.1. The average molecular weight is 261 g/mol. The first-order chi connectivity index (χ1) is 9.13. The third kappa shape index (κ3) is 3.16. The summed E-state index contributed by atoms with van der Waals surface area (Å²) in [7, 11) is 0. The Balaban J connectivity index is 2.05. The molecule has 104 valence electrons. The fourth-order valence-corrected chi connectivity index (χ4v) is 2.92. The quantitative estimate of drug-likeness (QED) is 0.834. The summed E-state index contributed by atoms with van der Waals surface area (Å²) in [6.07, 6.45) is 1.04. The van der Waals surface area contributed by atoms with Crippen molar-refractivity contribution in [1.82, 2.24) is 4.90 Å². The van der Waals surface area contributed by atoms with Crippen LogP contribution in [-0.2, 0) is 9.53 Å². The Morgan fingerprint density at radius 1 is 1.42 bits per heavy atom. The van der Waals surface area contributed by atoms with Gasteiger partial charge in [0.25, 0.3) is 0 Å². The molecule has 1 aromatic rings. The van der Waals surface area contributed by atoms with Crippen molar-refractivity contribution in [1.29, 1.82) is 0 Å². The summed E-state index contributed by atoms with van der Waals surface area (Å²) in [5.74, 6) is 0.576. The van der Waals surface area contributed by atoms with E-state index in [2.05, 4.69) is 38.1 Å². The number of carbonyl (C=O) groups excluding carboxylic acids is 1. The van der Waals surface area contributed by atoms with Crippen molar-refractivity contribution in [2.75, 3.05) is 19.8 Å². The highest BCUT2D eigenvalue weighted by Crippen LogP contribution is 2.33. The molecule has 1 amide bonds. The summed E-state index contributed by atoms with van der Waals surface area (Å²) in [4.78, 5) is 14.0. The van der Waals surface area contributed by atoms with Gasteiger partial charge in [-0.25, -0.2) is 0 Å². The van der Waals surface area contributed by atoms with Gasteiger partial charge in [0.2, 0.25) is 5.91 Å². The minimum Gasteiger partial charge on any atom is -0.372 e. The summed E-state index contributed by atoms with van der Waals surface area (Å²) in [6.45, 7) is 7.80. The molecule has 0 radical (unpaired) electrons.